The number of benzene rings is 2. The topological polar surface area (TPSA) is 53.0 Å². The Balaban J connectivity index is 1.55. The Bertz CT molecular complexity index is 773. The van der Waals surface area contributed by atoms with Crippen LogP contribution < -0.4 is 4.74 Å². The molecule has 26 heavy (non-hydrogen) atoms. The Morgan fingerprint density at radius 1 is 1.08 bits per heavy atom. The molecule has 0 atom stereocenters. The molecule has 5 nitrogen and oxygen atoms in total. The number of hydrogen-bond donors (Lipinski definition) is 1. The van der Waals surface area contributed by atoms with Crippen molar-refractivity contribution in [1.82, 2.24) is 9.80 Å². The van der Waals surface area contributed by atoms with Crippen molar-refractivity contribution in [2.45, 2.75) is 13.1 Å². The smallest absolute Gasteiger partial charge is 0.335 e. The second kappa shape index (κ2) is 8.29. The molecule has 1 aliphatic rings. The molecule has 0 amide bonds. The molecule has 0 aliphatic carbocycles. The lowest BCUT2D eigenvalue weighted by Gasteiger charge is -2.35. The third kappa shape index (κ3) is 4.59. The summed E-state index contributed by atoms with van der Waals surface area (Å²) in [5.41, 5.74) is 2.18. The fourth-order valence-corrected chi connectivity index (χ4v) is 3.28. The lowest BCUT2D eigenvalue weighted by atomic mass is 10.1. The number of halogens is 1. The van der Waals surface area contributed by atoms with Gasteiger partial charge in [0.15, 0.2) is 0 Å². The Morgan fingerprint density at radius 2 is 1.77 bits per heavy atom. The van der Waals surface area contributed by atoms with E-state index in [2.05, 4.69) is 9.80 Å². The molecular weight excluding hydrogens is 335 g/mol. The number of ether oxygens (including phenoxy) is 1. The third-order valence-electron chi connectivity index (χ3n) is 4.68. The van der Waals surface area contributed by atoms with Crippen LogP contribution >= 0.6 is 0 Å². The standard InChI is InChI=1S/C20H23FN2O3/c1-26-19-6-5-18(21)12-17(19)14-23-9-7-22(8-10-23)13-15-3-2-4-16(11-15)20(24)25/h2-6,11-12H,7-10,13-14H2,1H3,(H,24,25). The van der Waals surface area contributed by atoms with Crippen LogP contribution in [0, 0.1) is 5.82 Å². The summed E-state index contributed by atoms with van der Waals surface area (Å²) < 4.78 is 18.8. The molecule has 1 fully saturated rings. The maximum Gasteiger partial charge on any atom is 0.335 e. The Kier molecular flexibility index (Phi) is 5.85. The van der Waals surface area contributed by atoms with Gasteiger partial charge in [0.05, 0.1) is 12.7 Å². The molecule has 1 aliphatic heterocycles. The lowest BCUT2D eigenvalue weighted by molar-refractivity contribution is 0.0696. The van der Waals surface area contributed by atoms with E-state index in [1.807, 2.05) is 6.07 Å². The predicted molar refractivity (Wildman–Crippen MR) is 96.9 cm³/mol. The summed E-state index contributed by atoms with van der Waals surface area (Å²) in [5.74, 6) is -0.447. The first kappa shape index (κ1) is 18.4. The second-order valence-electron chi connectivity index (χ2n) is 6.51. The molecule has 1 heterocycles. The van der Waals surface area contributed by atoms with E-state index in [9.17, 15) is 9.18 Å². The molecule has 1 saturated heterocycles. The highest BCUT2D eigenvalue weighted by atomic mass is 19.1. The first-order chi connectivity index (χ1) is 12.5. The summed E-state index contributed by atoms with van der Waals surface area (Å²) in [5, 5.41) is 9.10. The van der Waals surface area contributed by atoms with Gasteiger partial charge in [0.25, 0.3) is 0 Å². The van der Waals surface area contributed by atoms with Crippen LogP contribution in [0.5, 0.6) is 5.75 Å². The SMILES string of the molecule is COc1ccc(F)cc1CN1CCN(Cc2cccc(C(=O)O)c2)CC1. The zero-order chi connectivity index (χ0) is 18.5. The summed E-state index contributed by atoms with van der Waals surface area (Å²) in [4.78, 5) is 15.7. The largest absolute Gasteiger partial charge is 0.496 e. The fourth-order valence-electron chi connectivity index (χ4n) is 3.28. The van der Waals surface area contributed by atoms with Crippen LogP contribution in [0.15, 0.2) is 42.5 Å². The Morgan fingerprint density at radius 3 is 2.42 bits per heavy atom. The Labute approximate surface area is 152 Å². The number of carboxylic acid groups (broad SMARTS) is 1. The van der Waals surface area contributed by atoms with Gasteiger partial charge in [-0.15, -0.1) is 0 Å². The molecule has 6 heteroatoms. The van der Waals surface area contributed by atoms with Crippen LogP contribution in [0.2, 0.25) is 0 Å². The van der Waals surface area contributed by atoms with Crippen molar-refractivity contribution in [3.63, 3.8) is 0 Å². The van der Waals surface area contributed by atoms with Crippen LogP contribution in [0.3, 0.4) is 0 Å². The lowest BCUT2D eigenvalue weighted by Crippen LogP contribution is -2.45. The maximum atomic E-state index is 13.5. The first-order valence-corrected chi connectivity index (χ1v) is 8.64. The molecule has 2 aromatic carbocycles. The van der Waals surface area contributed by atoms with Crippen molar-refractivity contribution < 1.29 is 19.0 Å². The van der Waals surface area contributed by atoms with E-state index in [1.165, 1.54) is 12.1 Å². The minimum atomic E-state index is -0.902. The number of hydrogen-bond acceptors (Lipinski definition) is 4. The summed E-state index contributed by atoms with van der Waals surface area (Å²) >= 11 is 0. The molecule has 0 aromatic heterocycles. The van der Waals surface area contributed by atoms with E-state index in [0.717, 1.165) is 43.9 Å². The summed E-state index contributed by atoms with van der Waals surface area (Å²) in [6, 6.07) is 11.7. The molecule has 1 N–H and O–H groups in total. The highest BCUT2D eigenvalue weighted by Gasteiger charge is 2.19. The van der Waals surface area contributed by atoms with E-state index in [4.69, 9.17) is 9.84 Å². The van der Waals surface area contributed by atoms with Crippen LogP contribution in [-0.4, -0.2) is 54.2 Å². The van der Waals surface area contributed by atoms with Gasteiger partial charge in [-0.1, -0.05) is 12.1 Å². The summed E-state index contributed by atoms with van der Waals surface area (Å²) in [6.45, 7) is 4.90. The van der Waals surface area contributed by atoms with Crippen molar-refractivity contribution in [3.8, 4) is 5.75 Å². The number of rotatable bonds is 6. The van der Waals surface area contributed by atoms with Crippen molar-refractivity contribution in [2.24, 2.45) is 0 Å². The zero-order valence-electron chi connectivity index (χ0n) is 14.8. The maximum absolute atomic E-state index is 13.5. The molecular formula is C20H23FN2O3. The number of carbonyl (C=O) groups is 1. The van der Waals surface area contributed by atoms with E-state index in [0.29, 0.717) is 17.9 Å². The van der Waals surface area contributed by atoms with Gasteiger partial charge in [-0.3, -0.25) is 9.80 Å². The van der Waals surface area contributed by atoms with Gasteiger partial charge < -0.3 is 9.84 Å². The van der Waals surface area contributed by atoms with Crippen LogP contribution in [0.1, 0.15) is 21.5 Å². The summed E-state index contributed by atoms with van der Waals surface area (Å²) in [6.07, 6.45) is 0. The number of piperazine rings is 1. The number of methoxy groups -OCH3 is 1. The first-order valence-electron chi connectivity index (χ1n) is 8.64. The van der Waals surface area contributed by atoms with Gasteiger partial charge in [-0.25, -0.2) is 9.18 Å². The zero-order valence-corrected chi connectivity index (χ0v) is 14.8. The van der Waals surface area contributed by atoms with Gasteiger partial charge in [0, 0.05) is 44.8 Å². The average molecular weight is 358 g/mol. The molecule has 0 spiro atoms. The number of nitrogens with zero attached hydrogens (tertiary/aromatic N) is 2. The van der Waals surface area contributed by atoms with Gasteiger partial charge in [0.2, 0.25) is 0 Å². The molecule has 0 radical (unpaired) electrons. The average Bonchev–Trinajstić information content (AvgIpc) is 2.64. The highest BCUT2D eigenvalue weighted by Crippen LogP contribution is 2.22. The van der Waals surface area contributed by atoms with E-state index in [-0.39, 0.29) is 5.82 Å². The molecule has 2 aromatic rings. The molecule has 0 saturated carbocycles. The highest BCUT2D eigenvalue weighted by molar-refractivity contribution is 5.87. The van der Waals surface area contributed by atoms with Gasteiger partial charge in [-0.2, -0.15) is 0 Å². The minimum Gasteiger partial charge on any atom is -0.496 e. The van der Waals surface area contributed by atoms with Crippen LogP contribution in [0.4, 0.5) is 4.39 Å². The number of carboxylic acids is 1. The predicted octanol–water partition coefficient (Wildman–Crippen LogP) is 2.85. The van der Waals surface area contributed by atoms with E-state index in [1.54, 1.807) is 31.4 Å². The molecule has 0 bridgehead atoms. The van der Waals surface area contributed by atoms with Crippen molar-refractivity contribution >= 4 is 5.97 Å². The molecule has 3 rings (SSSR count). The normalized spacial score (nSPS) is 15.8. The van der Waals surface area contributed by atoms with E-state index >= 15 is 0 Å². The van der Waals surface area contributed by atoms with Crippen molar-refractivity contribution in [2.75, 3.05) is 33.3 Å². The Hall–Kier alpha value is -2.44. The molecule has 138 valence electrons. The van der Waals surface area contributed by atoms with Crippen molar-refractivity contribution in [1.29, 1.82) is 0 Å². The summed E-state index contributed by atoms with van der Waals surface area (Å²) in [7, 11) is 1.60. The number of aromatic carboxylic acids is 1. The second-order valence-corrected chi connectivity index (χ2v) is 6.51. The minimum absolute atomic E-state index is 0.252. The van der Waals surface area contributed by atoms with Gasteiger partial charge >= 0.3 is 5.97 Å². The van der Waals surface area contributed by atoms with E-state index < -0.39 is 5.97 Å². The fraction of sp³-hybridized carbons (Fsp3) is 0.350. The third-order valence-corrected chi connectivity index (χ3v) is 4.68. The van der Waals surface area contributed by atoms with Crippen LogP contribution in [0.25, 0.3) is 0 Å². The van der Waals surface area contributed by atoms with Gasteiger partial charge in [0.1, 0.15) is 11.6 Å². The molecule has 0 unspecified atom stereocenters. The van der Waals surface area contributed by atoms with Crippen LogP contribution in [-0.2, 0) is 13.1 Å². The monoisotopic (exact) mass is 358 g/mol. The quantitative estimate of drug-likeness (QED) is 0.861. The van der Waals surface area contributed by atoms with Gasteiger partial charge in [-0.05, 0) is 35.9 Å². The van der Waals surface area contributed by atoms with Crippen molar-refractivity contribution in [3.05, 3.63) is 65.0 Å².